The van der Waals surface area contributed by atoms with E-state index in [0.717, 1.165) is 41.6 Å². The number of carboxylic acid groups (broad SMARTS) is 1. The van der Waals surface area contributed by atoms with E-state index in [1.54, 1.807) is 24.4 Å². The molecular formula is C27H29ClN2O4. The largest absolute Gasteiger partial charge is 0.478 e. The number of aromatic carboxylic acids is 1. The molecule has 6 nitrogen and oxygen atoms in total. The van der Waals surface area contributed by atoms with Crippen molar-refractivity contribution in [3.63, 3.8) is 0 Å². The zero-order valence-corrected chi connectivity index (χ0v) is 19.9. The SMILES string of the molecule is Cc1cc(C(=O)O)ccc1CN1CCC[C@H](O[C@H](CO)c2ccnc(Cl)c2)[C@@H]1c1ccccc1. The predicted octanol–water partition coefficient (Wildman–Crippen LogP) is 5.20. The maximum atomic E-state index is 11.3. The molecule has 0 radical (unpaired) electrons. The lowest BCUT2D eigenvalue weighted by Crippen LogP contribution is -2.43. The second-order valence-electron chi connectivity index (χ2n) is 8.67. The lowest BCUT2D eigenvalue weighted by atomic mass is 9.91. The van der Waals surface area contributed by atoms with Crippen LogP contribution < -0.4 is 0 Å². The van der Waals surface area contributed by atoms with Crippen molar-refractivity contribution in [2.45, 2.75) is 44.6 Å². The average molecular weight is 481 g/mol. The summed E-state index contributed by atoms with van der Waals surface area (Å²) in [5.74, 6) is -0.922. The van der Waals surface area contributed by atoms with Gasteiger partial charge in [0.05, 0.1) is 24.3 Å². The minimum atomic E-state index is -0.922. The maximum Gasteiger partial charge on any atom is 0.335 e. The first kappa shape index (κ1) is 24.4. The molecule has 0 amide bonds. The van der Waals surface area contributed by atoms with E-state index in [-0.39, 0.29) is 18.8 Å². The highest BCUT2D eigenvalue weighted by molar-refractivity contribution is 6.29. The van der Waals surface area contributed by atoms with E-state index >= 15 is 0 Å². The Morgan fingerprint density at radius 3 is 2.68 bits per heavy atom. The van der Waals surface area contributed by atoms with Crippen LogP contribution in [-0.4, -0.2) is 45.3 Å². The number of pyridine rings is 1. The summed E-state index contributed by atoms with van der Waals surface area (Å²) in [6.07, 6.45) is 2.79. The van der Waals surface area contributed by atoms with Crippen molar-refractivity contribution < 1.29 is 19.7 Å². The van der Waals surface area contributed by atoms with E-state index < -0.39 is 12.1 Å². The number of aromatic nitrogens is 1. The number of carboxylic acids is 1. The van der Waals surface area contributed by atoms with Gasteiger partial charge in [-0.2, -0.15) is 0 Å². The van der Waals surface area contributed by atoms with Crippen molar-refractivity contribution >= 4 is 17.6 Å². The fourth-order valence-corrected chi connectivity index (χ4v) is 4.89. The fraction of sp³-hybridized carbons (Fsp3) is 0.333. The van der Waals surface area contributed by atoms with Crippen molar-refractivity contribution in [2.24, 2.45) is 0 Å². The summed E-state index contributed by atoms with van der Waals surface area (Å²) in [5.41, 5.74) is 4.28. The molecule has 0 saturated carbocycles. The third kappa shape index (κ3) is 5.65. The van der Waals surface area contributed by atoms with Crippen LogP contribution in [0.3, 0.4) is 0 Å². The van der Waals surface area contributed by atoms with Crippen LogP contribution in [0.1, 0.15) is 57.6 Å². The highest BCUT2D eigenvalue weighted by Gasteiger charge is 2.35. The van der Waals surface area contributed by atoms with Gasteiger partial charge in [0.15, 0.2) is 0 Å². The second kappa shape index (κ2) is 11.1. The van der Waals surface area contributed by atoms with Gasteiger partial charge in [0.2, 0.25) is 0 Å². The first-order valence-corrected chi connectivity index (χ1v) is 11.8. The minimum Gasteiger partial charge on any atom is -0.478 e. The topological polar surface area (TPSA) is 82.9 Å². The van der Waals surface area contributed by atoms with Gasteiger partial charge in [-0.05, 0) is 72.8 Å². The second-order valence-corrected chi connectivity index (χ2v) is 9.06. The van der Waals surface area contributed by atoms with Gasteiger partial charge in [-0.25, -0.2) is 9.78 Å². The van der Waals surface area contributed by atoms with Crippen molar-refractivity contribution in [2.75, 3.05) is 13.2 Å². The molecular weight excluding hydrogens is 452 g/mol. The molecule has 1 aromatic heterocycles. The van der Waals surface area contributed by atoms with Gasteiger partial charge < -0.3 is 14.9 Å². The quantitative estimate of drug-likeness (QED) is 0.431. The van der Waals surface area contributed by atoms with E-state index in [1.807, 2.05) is 37.3 Å². The third-order valence-corrected chi connectivity index (χ3v) is 6.62. The van der Waals surface area contributed by atoms with Crippen LogP contribution in [0.15, 0.2) is 66.9 Å². The number of likely N-dealkylation sites (tertiary alicyclic amines) is 1. The molecule has 0 aliphatic carbocycles. The Hall–Kier alpha value is -2.77. The normalized spacial score (nSPS) is 19.6. The highest BCUT2D eigenvalue weighted by atomic mass is 35.5. The Kier molecular flexibility index (Phi) is 7.95. The molecule has 2 N–H and O–H groups in total. The summed E-state index contributed by atoms with van der Waals surface area (Å²) in [7, 11) is 0. The number of benzene rings is 2. The lowest BCUT2D eigenvalue weighted by molar-refractivity contribution is -0.100. The Balaban J connectivity index is 1.62. The number of piperidine rings is 1. The monoisotopic (exact) mass is 480 g/mol. The number of hydrogen-bond donors (Lipinski definition) is 2. The Bertz CT molecular complexity index is 1120. The van der Waals surface area contributed by atoms with Crippen LogP contribution in [-0.2, 0) is 11.3 Å². The predicted molar refractivity (Wildman–Crippen MR) is 131 cm³/mol. The van der Waals surface area contributed by atoms with Crippen molar-refractivity contribution in [3.8, 4) is 0 Å². The molecule has 1 aliphatic rings. The summed E-state index contributed by atoms with van der Waals surface area (Å²) < 4.78 is 6.54. The molecule has 2 heterocycles. The summed E-state index contributed by atoms with van der Waals surface area (Å²) in [5, 5.41) is 19.8. The molecule has 34 heavy (non-hydrogen) atoms. The Morgan fingerprint density at radius 2 is 2.00 bits per heavy atom. The molecule has 1 fully saturated rings. The fourth-order valence-electron chi connectivity index (χ4n) is 4.70. The van der Waals surface area contributed by atoms with Crippen LogP contribution >= 0.6 is 11.6 Å². The number of carbonyl (C=O) groups is 1. The third-order valence-electron chi connectivity index (χ3n) is 6.41. The summed E-state index contributed by atoms with van der Waals surface area (Å²) >= 11 is 6.08. The lowest BCUT2D eigenvalue weighted by Gasteiger charge is -2.43. The van der Waals surface area contributed by atoms with Crippen LogP contribution in [0.25, 0.3) is 0 Å². The molecule has 2 aromatic carbocycles. The van der Waals surface area contributed by atoms with E-state index in [9.17, 15) is 15.0 Å². The van der Waals surface area contributed by atoms with Crippen molar-refractivity contribution in [1.29, 1.82) is 0 Å². The zero-order valence-electron chi connectivity index (χ0n) is 19.1. The summed E-state index contributed by atoms with van der Waals surface area (Å²) in [6.45, 7) is 3.36. The highest BCUT2D eigenvalue weighted by Crippen LogP contribution is 2.37. The van der Waals surface area contributed by atoms with Gasteiger partial charge >= 0.3 is 5.97 Å². The standard InChI is InChI=1S/C27H29ClN2O4/c1-18-14-21(27(32)33)9-10-22(18)16-30-13-5-8-23(26(30)19-6-3-2-4-7-19)34-24(17-31)20-11-12-29-25(28)15-20/h2-4,6-7,9-12,14-15,23-24,26,31H,5,8,13,16-17H2,1H3,(H,32,33)/t23-,24+,26-/m0/s1. The number of aryl methyl sites for hydroxylation is 1. The van der Waals surface area contributed by atoms with E-state index in [4.69, 9.17) is 16.3 Å². The number of aliphatic hydroxyl groups excluding tert-OH is 1. The first-order chi connectivity index (χ1) is 16.5. The van der Waals surface area contributed by atoms with Gasteiger partial charge in [0.25, 0.3) is 0 Å². The molecule has 0 spiro atoms. The maximum absolute atomic E-state index is 11.3. The summed E-state index contributed by atoms with van der Waals surface area (Å²) in [6, 6.07) is 19.1. The molecule has 4 rings (SSSR count). The molecule has 3 aromatic rings. The molecule has 7 heteroatoms. The van der Waals surface area contributed by atoms with Crippen LogP contribution in [0.2, 0.25) is 5.15 Å². The summed E-state index contributed by atoms with van der Waals surface area (Å²) in [4.78, 5) is 17.8. The molecule has 3 atom stereocenters. The molecule has 178 valence electrons. The average Bonchev–Trinajstić information content (AvgIpc) is 2.84. The van der Waals surface area contributed by atoms with Crippen LogP contribution in [0.5, 0.6) is 0 Å². The molecule has 0 unspecified atom stereocenters. The van der Waals surface area contributed by atoms with Crippen LogP contribution in [0.4, 0.5) is 0 Å². The van der Waals surface area contributed by atoms with Crippen molar-refractivity contribution in [3.05, 3.63) is 99.8 Å². The number of hydrogen-bond acceptors (Lipinski definition) is 5. The zero-order chi connectivity index (χ0) is 24.1. The minimum absolute atomic E-state index is 0.0140. The van der Waals surface area contributed by atoms with Gasteiger partial charge in [0, 0.05) is 12.7 Å². The Labute approximate surface area is 204 Å². The first-order valence-electron chi connectivity index (χ1n) is 11.5. The number of nitrogens with zero attached hydrogens (tertiary/aromatic N) is 2. The van der Waals surface area contributed by atoms with E-state index in [0.29, 0.717) is 17.3 Å². The van der Waals surface area contributed by atoms with Gasteiger partial charge in [-0.1, -0.05) is 48.0 Å². The Morgan fingerprint density at radius 1 is 1.21 bits per heavy atom. The van der Waals surface area contributed by atoms with Gasteiger partial charge in [-0.3, -0.25) is 4.90 Å². The number of halogens is 1. The number of ether oxygens (including phenoxy) is 1. The molecule has 1 saturated heterocycles. The number of rotatable bonds is 8. The van der Waals surface area contributed by atoms with Gasteiger partial charge in [0.1, 0.15) is 11.3 Å². The molecule has 0 bridgehead atoms. The van der Waals surface area contributed by atoms with Crippen LogP contribution in [0, 0.1) is 6.92 Å². The smallest absolute Gasteiger partial charge is 0.335 e. The van der Waals surface area contributed by atoms with E-state index in [1.165, 1.54) is 0 Å². The van der Waals surface area contributed by atoms with Crippen molar-refractivity contribution in [1.82, 2.24) is 9.88 Å². The molecule has 1 aliphatic heterocycles. The van der Waals surface area contributed by atoms with E-state index in [2.05, 4.69) is 22.0 Å². The number of aliphatic hydroxyl groups is 1. The van der Waals surface area contributed by atoms with Gasteiger partial charge in [-0.15, -0.1) is 0 Å².